The molecule has 2 aliphatic carbocycles. The zero-order valence-electron chi connectivity index (χ0n) is 11.2. The summed E-state index contributed by atoms with van der Waals surface area (Å²) in [4.78, 5) is 0. The van der Waals surface area contributed by atoms with Crippen LogP contribution in [-0.2, 0) is 0 Å². The molecule has 0 radical (unpaired) electrons. The lowest BCUT2D eigenvalue weighted by Gasteiger charge is -2.55. The average molecular weight is 246 g/mol. The van der Waals surface area contributed by atoms with Crippen LogP contribution >= 0.6 is 0 Å². The highest BCUT2D eigenvalue weighted by molar-refractivity contribution is 5.62. The second-order valence-electron chi connectivity index (χ2n) is 6.08. The predicted molar refractivity (Wildman–Crippen MR) is 80.1 cm³/mol. The Labute approximate surface area is 114 Å². The van der Waals surface area contributed by atoms with Crippen LogP contribution in [0.1, 0.15) is 41.9 Å². The number of allylic oxidation sites excluding steroid dienone is 1. The Morgan fingerprint density at radius 2 is 1.63 bits per heavy atom. The van der Waals surface area contributed by atoms with Gasteiger partial charge in [0.25, 0.3) is 0 Å². The van der Waals surface area contributed by atoms with Gasteiger partial charge >= 0.3 is 0 Å². The summed E-state index contributed by atoms with van der Waals surface area (Å²) in [5, 5.41) is 0. The molecule has 19 heavy (non-hydrogen) atoms. The second kappa shape index (κ2) is 3.84. The van der Waals surface area contributed by atoms with Crippen LogP contribution < -0.4 is 0 Å². The monoisotopic (exact) mass is 246 g/mol. The SMILES string of the molecule is C[C@]12C=Cc3ccccc3[C@H]1C[C@@H]2c1ccccc1. The molecule has 1 saturated carbocycles. The number of rotatable bonds is 1. The Balaban J connectivity index is 1.75. The van der Waals surface area contributed by atoms with Gasteiger partial charge in [0.15, 0.2) is 0 Å². The van der Waals surface area contributed by atoms with Crippen LogP contribution in [0.4, 0.5) is 0 Å². The van der Waals surface area contributed by atoms with Crippen molar-refractivity contribution in [3.05, 3.63) is 77.4 Å². The van der Waals surface area contributed by atoms with Crippen LogP contribution in [0.3, 0.4) is 0 Å². The number of hydrogen-bond donors (Lipinski definition) is 0. The number of hydrogen-bond acceptors (Lipinski definition) is 0. The fourth-order valence-electron chi connectivity index (χ4n) is 3.95. The van der Waals surface area contributed by atoms with Gasteiger partial charge in [0.1, 0.15) is 0 Å². The zero-order chi connectivity index (χ0) is 12.9. The van der Waals surface area contributed by atoms with E-state index < -0.39 is 0 Å². The smallest absolute Gasteiger partial charge is 0.000529 e. The molecule has 0 N–H and O–H groups in total. The van der Waals surface area contributed by atoms with E-state index in [1.54, 1.807) is 5.56 Å². The standard InChI is InChI=1S/C19H18/c1-19-12-11-14-7-5-6-10-16(14)18(19)13-17(19)15-8-3-2-4-9-15/h2-12,17-18H,13H2,1H3/t17-,18-,19-/m1/s1. The van der Waals surface area contributed by atoms with Crippen molar-refractivity contribution in [2.75, 3.05) is 0 Å². The molecule has 0 spiro atoms. The van der Waals surface area contributed by atoms with Gasteiger partial charge in [-0.15, -0.1) is 0 Å². The highest BCUT2D eigenvalue weighted by atomic mass is 14.6. The van der Waals surface area contributed by atoms with Gasteiger partial charge in [-0.25, -0.2) is 0 Å². The maximum Gasteiger partial charge on any atom is -0.000529 e. The summed E-state index contributed by atoms with van der Waals surface area (Å²) in [5.74, 6) is 1.36. The first-order valence-electron chi connectivity index (χ1n) is 7.12. The summed E-state index contributed by atoms with van der Waals surface area (Å²) >= 11 is 0. The minimum Gasteiger partial charge on any atom is -0.0768 e. The van der Waals surface area contributed by atoms with Gasteiger partial charge in [0.05, 0.1) is 0 Å². The minimum atomic E-state index is 0.301. The molecule has 0 nitrogen and oxygen atoms in total. The molecule has 3 atom stereocenters. The van der Waals surface area contributed by atoms with Crippen LogP contribution in [0.25, 0.3) is 6.08 Å². The Bertz CT molecular complexity index is 638. The highest BCUT2D eigenvalue weighted by Gasteiger charge is 2.52. The van der Waals surface area contributed by atoms with Crippen LogP contribution in [0.5, 0.6) is 0 Å². The maximum absolute atomic E-state index is 2.45. The molecule has 0 unspecified atom stereocenters. The highest BCUT2D eigenvalue weighted by Crippen LogP contribution is 2.64. The van der Waals surface area contributed by atoms with Crippen LogP contribution in [-0.4, -0.2) is 0 Å². The Hall–Kier alpha value is -1.82. The number of benzene rings is 2. The first-order chi connectivity index (χ1) is 9.29. The van der Waals surface area contributed by atoms with Crippen molar-refractivity contribution in [2.45, 2.75) is 25.2 Å². The quantitative estimate of drug-likeness (QED) is 0.665. The topological polar surface area (TPSA) is 0 Å². The van der Waals surface area contributed by atoms with E-state index in [4.69, 9.17) is 0 Å². The molecule has 0 aliphatic heterocycles. The van der Waals surface area contributed by atoms with E-state index in [0.29, 0.717) is 17.3 Å². The van der Waals surface area contributed by atoms with Gasteiger partial charge in [-0.1, -0.05) is 73.7 Å². The molecule has 0 heterocycles. The van der Waals surface area contributed by atoms with E-state index in [-0.39, 0.29) is 0 Å². The molecule has 2 aromatic carbocycles. The van der Waals surface area contributed by atoms with Gasteiger partial charge in [-0.3, -0.25) is 0 Å². The molecule has 94 valence electrons. The third-order valence-corrected chi connectivity index (χ3v) is 5.17. The van der Waals surface area contributed by atoms with Crippen LogP contribution in [0, 0.1) is 5.41 Å². The summed E-state index contributed by atoms with van der Waals surface area (Å²) in [5.41, 5.74) is 4.75. The molecule has 0 amide bonds. The fourth-order valence-corrected chi connectivity index (χ4v) is 3.95. The zero-order valence-corrected chi connectivity index (χ0v) is 11.2. The third-order valence-electron chi connectivity index (χ3n) is 5.17. The molecular weight excluding hydrogens is 228 g/mol. The van der Waals surface area contributed by atoms with Crippen molar-refractivity contribution in [3.63, 3.8) is 0 Å². The molecule has 0 heteroatoms. The Morgan fingerprint density at radius 3 is 2.47 bits per heavy atom. The molecule has 0 aromatic heterocycles. The summed E-state index contributed by atoms with van der Waals surface area (Å²) in [6.07, 6.45) is 6.05. The van der Waals surface area contributed by atoms with E-state index in [2.05, 4.69) is 73.7 Å². The lowest BCUT2D eigenvalue weighted by atomic mass is 9.48. The summed E-state index contributed by atoms with van der Waals surface area (Å²) in [6, 6.07) is 19.8. The molecule has 2 aromatic rings. The van der Waals surface area contributed by atoms with Crippen molar-refractivity contribution in [3.8, 4) is 0 Å². The van der Waals surface area contributed by atoms with E-state index in [0.717, 1.165) is 0 Å². The first kappa shape index (κ1) is 11.0. The average Bonchev–Trinajstić information content (AvgIpc) is 2.45. The van der Waals surface area contributed by atoms with Gasteiger partial charge < -0.3 is 0 Å². The summed E-state index contributed by atoms with van der Waals surface area (Å²) < 4.78 is 0. The van der Waals surface area contributed by atoms with Gasteiger partial charge in [0, 0.05) is 0 Å². The normalized spacial score (nSPS) is 31.2. The fraction of sp³-hybridized carbons (Fsp3) is 0.263. The first-order valence-corrected chi connectivity index (χ1v) is 7.12. The number of fused-ring (bicyclic) bond motifs is 3. The summed E-state index contributed by atoms with van der Waals surface area (Å²) in [6.45, 7) is 2.42. The molecule has 4 rings (SSSR count). The third kappa shape index (κ3) is 1.46. The van der Waals surface area contributed by atoms with Gasteiger partial charge in [-0.2, -0.15) is 0 Å². The largest absolute Gasteiger partial charge is 0.0768 e. The molecule has 0 saturated heterocycles. The van der Waals surface area contributed by atoms with Crippen molar-refractivity contribution < 1.29 is 0 Å². The Kier molecular flexibility index (Phi) is 2.23. The van der Waals surface area contributed by atoms with E-state index in [1.807, 2.05) is 0 Å². The minimum absolute atomic E-state index is 0.301. The van der Waals surface area contributed by atoms with Gasteiger partial charge in [0.2, 0.25) is 0 Å². The van der Waals surface area contributed by atoms with Crippen LogP contribution in [0.15, 0.2) is 60.7 Å². The molecule has 2 aliphatic rings. The van der Waals surface area contributed by atoms with Crippen molar-refractivity contribution in [1.82, 2.24) is 0 Å². The second-order valence-corrected chi connectivity index (χ2v) is 6.08. The van der Waals surface area contributed by atoms with Gasteiger partial charge in [-0.05, 0) is 40.4 Å². The predicted octanol–water partition coefficient (Wildman–Crippen LogP) is 4.99. The van der Waals surface area contributed by atoms with E-state index in [1.165, 1.54) is 17.5 Å². The van der Waals surface area contributed by atoms with Crippen molar-refractivity contribution in [2.24, 2.45) is 5.41 Å². The lowest BCUT2D eigenvalue weighted by molar-refractivity contribution is 0.128. The molecule has 0 bridgehead atoms. The summed E-state index contributed by atoms with van der Waals surface area (Å²) in [7, 11) is 0. The van der Waals surface area contributed by atoms with Crippen molar-refractivity contribution >= 4 is 6.08 Å². The Morgan fingerprint density at radius 1 is 0.895 bits per heavy atom. The maximum atomic E-state index is 2.45. The van der Waals surface area contributed by atoms with Crippen LogP contribution in [0.2, 0.25) is 0 Å². The molecular formula is C19H18. The van der Waals surface area contributed by atoms with E-state index in [9.17, 15) is 0 Å². The van der Waals surface area contributed by atoms with Crippen molar-refractivity contribution in [1.29, 1.82) is 0 Å². The lowest BCUT2D eigenvalue weighted by Crippen LogP contribution is -2.43. The molecule has 1 fully saturated rings. The van der Waals surface area contributed by atoms with E-state index >= 15 is 0 Å².